The van der Waals surface area contributed by atoms with Crippen LogP contribution < -0.4 is 11.3 Å². The second-order valence-corrected chi connectivity index (χ2v) is 2.68. The molecule has 1 rings (SSSR count). The third-order valence-corrected chi connectivity index (χ3v) is 1.44. The van der Waals surface area contributed by atoms with E-state index in [9.17, 15) is 4.79 Å². The molecule has 0 saturated carbocycles. The molecular weight excluding hydrogens is 142 g/mol. The molecule has 0 aromatic carbocycles. The summed E-state index contributed by atoms with van der Waals surface area (Å²) in [5.41, 5.74) is 5.20. The molecular formula is C7H11N3O. The topological polar surface area (TPSA) is 60.9 Å². The molecule has 1 aromatic heterocycles. The number of nitrogen functional groups attached to an aromatic ring is 1. The lowest BCUT2D eigenvalue weighted by Gasteiger charge is -2.08. The van der Waals surface area contributed by atoms with E-state index in [1.165, 1.54) is 6.33 Å². The van der Waals surface area contributed by atoms with Gasteiger partial charge in [0.1, 0.15) is 5.69 Å². The Labute approximate surface area is 64.7 Å². The summed E-state index contributed by atoms with van der Waals surface area (Å²) in [4.78, 5) is 14.3. The fourth-order valence-electron chi connectivity index (χ4n) is 0.725. The summed E-state index contributed by atoms with van der Waals surface area (Å²) in [6, 6.07) is 0.283. The van der Waals surface area contributed by atoms with Crippen molar-refractivity contribution in [2.75, 3.05) is 5.73 Å². The minimum atomic E-state index is -0.359. The molecule has 4 heteroatoms. The lowest BCUT2D eigenvalue weighted by atomic mass is 10.4. The Morgan fingerprint density at radius 3 is 2.73 bits per heavy atom. The number of nitrogens with zero attached hydrogens (tertiary/aromatic N) is 2. The first kappa shape index (κ1) is 7.78. The molecule has 1 aromatic rings. The lowest BCUT2D eigenvalue weighted by molar-refractivity contribution is 0.585. The molecule has 0 radical (unpaired) electrons. The van der Waals surface area contributed by atoms with Gasteiger partial charge >= 0.3 is 0 Å². The summed E-state index contributed by atoms with van der Waals surface area (Å²) in [6.45, 7) is 3.98. The number of nitrogens with two attached hydrogens (primary N) is 1. The van der Waals surface area contributed by atoms with Crippen LogP contribution >= 0.6 is 0 Å². The van der Waals surface area contributed by atoms with Crippen molar-refractivity contribution in [3.63, 3.8) is 0 Å². The Balaban J connectivity index is 3.15. The average molecular weight is 153 g/mol. The molecule has 0 aliphatic heterocycles. The second kappa shape index (κ2) is 2.74. The minimum Gasteiger partial charge on any atom is -0.393 e. The van der Waals surface area contributed by atoms with Gasteiger partial charge in [0.05, 0.1) is 6.33 Å². The van der Waals surface area contributed by atoms with Crippen LogP contribution in [-0.2, 0) is 0 Å². The Morgan fingerprint density at radius 1 is 1.64 bits per heavy atom. The average Bonchev–Trinajstić information content (AvgIpc) is 1.94. The molecule has 0 atom stereocenters. The van der Waals surface area contributed by atoms with Crippen LogP contribution in [0, 0.1) is 0 Å². The first-order valence-electron chi connectivity index (χ1n) is 3.44. The Bertz CT molecular complexity index is 303. The van der Waals surface area contributed by atoms with E-state index in [1.54, 1.807) is 10.8 Å². The summed E-state index contributed by atoms with van der Waals surface area (Å²) < 4.78 is 1.79. The van der Waals surface area contributed by atoms with Crippen LogP contribution in [0.4, 0.5) is 5.69 Å². The number of rotatable bonds is 1. The van der Waals surface area contributed by atoms with Gasteiger partial charge in [0, 0.05) is 12.2 Å². The molecule has 4 nitrogen and oxygen atoms in total. The molecule has 0 amide bonds. The summed E-state index contributed by atoms with van der Waals surface area (Å²) in [5.74, 6) is 0. The van der Waals surface area contributed by atoms with Crippen LogP contribution in [0.15, 0.2) is 17.3 Å². The van der Waals surface area contributed by atoms with Gasteiger partial charge in [-0.25, -0.2) is 0 Å². The zero-order valence-electron chi connectivity index (χ0n) is 6.61. The molecule has 60 valence electrons. The molecule has 0 aliphatic carbocycles. The Kier molecular flexibility index (Phi) is 1.94. The van der Waals surface area contributed by atoms with Gasteiger partial charge in [-0.3, -0.25) is 4.79 Å². The van der Waals surface area contributed by atoms with Crippen LogP contribution in [0.5, 0.6) is 0 Å². The van der Waals surface area contributed by atoms with E-state index in [0.717, 1.165) is 0 Å². The Morgan fingerprint density at radius 2 is 2.27 bits per heavy atom. The fraction of sp³-hybridized carbons (Fsp3) is 0.429. The standard InChI is InChI=1S/C7H11N3O/c1-5(2)10-3-6(8)7(11)9-4-10/h3-5H,8H2,1-2H3. The van der Waals surface area contributed by atoms with Crippen molar-refractivity contribution in [3.05, 3.63) is 22.9 Å². The number of anilines is 1. The van der Waals surface area contributed by atoms with Crippen LogP contribution in [-0.4, -0.2) is 9.55 Å². The molecule has 0 spiro atoms. The van der Waals surface area contributed by atoms with E-state index >= 15 is 0 Å². The highest BCUT2D eigenvalue weighted by Crippen LogP contribution is 2.01. The zero-order chi connectivity index (χ0) is 8.43. The highest BCUT2D eigenvalue weighted by atomic mass is 16.1. The fourth-order valence-corrected chi connectivity index (χ4v) is 0.725. The van der Waals surface area contributed by atoms with Gasteiger partial charge in [-0.15, -0.1) is 0 Å². The number of hydrogen-bond acceptors (Lipinski definition) is 3. The van der Waals surface area contributed by atoms with Gasteiger partial charge in [-0.2, -0.15) is 4.98 Å². The third-order valence-electron chi connectivity index (χ3n) is 1.44. The maximum atomic E-state index is 10.7. The van der Waals surface area contributed by atoms with Gasteiger partial charge in [-0.05, 0) is 13.8 Å². The largest absolute Gasteiger partial charge is 0.393 e. The van der Waals surface area contributed by atoms with Gasteiger partial charge in [0.25, 0.3) is 5.56 Å². The minimum absolute atomic E-state index is 0.196. The van der Waals surface area contributed by atoms with Crippen LogP contribution in [0.2, 0.25) is 0 Å². The van der Waals surface area contributed by atoms with E-state index in [0.29, 0.717) is 0 Å². The van der Waals surface area contributed by atoms with Gasteiger partial charge in [-0.1, -0.05) is 0 Å². The van der Waals surface area contributed by atoms with E-state index < -0.39 is 0 Å². The van der Waals surface area contributed by atoms with Gasteiger partial charge in [0.15, 0.2) is 0 Å². The smallest absolute Gasteiger partial charge is 0.295 e. The van der Waals surface area contributed by atoms with Crippen molar-refractivity contribution in [2.45, 2.75) is 19.9 Å². The van der Waals surface area contributed by atoms with Gasteiger partial charge < -0.3 is 10.3 Å². The maximum Gasteiger partial charge on any atom is 0.295 e. The summed E-state index contributed by atoms with van der Waals surface area (Å²) >= 11 is 0. The summed E-state index contributed by atoms with van der Waals surface area (Å²) in [7, 11) is 0. The maximum absolute atomic E-state index is 10.7. The highest BCUT2D eigenvalue weighted by molar-refractivity contribution is 5.30. The predicted molar refractivity (Wildman–Crippen MR) is 43.3 cm³/mol. The first-order chi connectivity index (χ1) is 5.11. The third kappa shape index (κ3) is 1.58. The molecule has 0 saturated heterocycles. The van der Waals surface area contributed by atoms with Crippen molar-refractivity contribution < 1.29 is 0 Å². The summed E-state index contributed by atoms with van der Waals surface area (Å²) in [6.07, 6.45) is 3.09. The molecule has 2 N–H and O–H groups in total. The van der Waals surface area contributed by atoms with Crippen LogP contribution in [0.1, 0.15) is 19.9 Å². The van der Waals surface area contributed by atoms with Crippen molar-refractivity contribution in [1.29, 1.82) is 0 Å². The molecule has 0 fully saturated rings. The van der Waals surface area contributed by atoms with Crippen LogP contribution in [0.3, 0.4) is 0 Å². The molecule has 1 heterocycles. The quantitative estimate of drug-likeness (QED) is 0.635. The molecule has 0 aliphatic rings. The summed E-state index contributed by atoms with van der Waals surface area (Å²) in [5, 5.41) is 0. The molecule has 0 bridgehead atoms. The zero-order valence-corrected chi connectivity index (χ0v) is 6.61. The lowest BCUT2D eigenvalue weighted by Crippen LogP contribution is -2.15. The normalized spacial score (nSPS) is 10.5. The van der Waals surface area contributed by atoms with Crippen LogP contribution in [0.25, 0.3) is 0 Å². The van der Waals surface area contributed by atoms with E-state index in [4.69, 9.17) is 5.73 Å². The van der Waals surface area contributed by atoms with E-state index in [2.05, 4.69) is 4.98 Å². The highest BCUT2D eigenvalue weighted by Gasteiger charge is 1.98. The first-order valence-corrected chi connectivity index (χ1v) is 3.44. The molecule has 11 heavy (non-hydrogen) atoms. The van der Waals surface area contributed by atoms with Gasteiger partial charge in [0.2, 0.25) is 0 Å². The van der Waals surface area contributed by atoms with Crippen molar-refractivity contribution >= 4 is 5.69 Å². The van der Waals surface area contributed by atoms with Crippen molar-refractivity contribution in [2.24, 2.45) is 0 Å². The second-order valence-electron chi connectivity index (χ2n) is 2.68. The SMILES string of the molecule is CC(C)n1cnc(=O)c(N)c1. The number of hydrogen-bond donors (Lipinski definition) is 1. The van der Waals surface area contributed by atoms with Crippen molar-refractivity contribution in [3.8, 4) is 0 Å². The Hall–Kier alpha value is -1.32. The monoisotopic (exact) mass is 153 g/mol. The van der Waals surface area contributed by atoms with E-state index in [1.807, 2.05) is 13.8 Å². The number of aromatic nitrogens is 2. The van der Waals surface area contributed by atoms with Crippen molar-refractivity contribution in [1.82, 2.24) is 9.55 Å². The van der Waals surface area contributed by atoms with E-state index in [-0.39, 0.29) is 17.3 Å². The predicted octanol–water partition coefficient (Wildman–Crippen LogP) is 0.406. The molecule has 0 unspecified atom stereocenters.